The van der Waals surface area contributed by atoms with Crippen LogP contribution in [0.1, 0.15) is 21.7 Å². The van der Waals surface area contributed by atoms with E-state index in [1.807, 2.05) is 0 Å². The lowest BCUT2D eigenvalue weighted by Gasteiger charge is -2.11. The van der Waals surface area contributed by atoms with Crippen LogP contribution >= 0.6 is 0 Å². The number of benzene rings is 1. The third-order valence-corrected chi connectivity index (χ3v) is 4.15. The van der Waals surface area contributed by atoms with Gasteiger partial charge < -0.3 is 20.3 Å². The molecule has 0 bridgehead atoms. The highest BCUT2D eigenvalue weighted by atomic mass is 19.1. The van der Waals surface area contributed by atoms with Gasteiger partial charge >= 0.3 is 0 Å². The van der Waals surface area contributed by atoms with Gasteiger partial charge in [-0.05, 0) is 31.2 Å². The number of aliphatic hydroxyl groups excluding tert-OH is 2. The van der Waals surface area contributed by atoms with Crippen molar-refractivity contribution in [3.63, 3.8) is 0 Å². The van der Waals surface area contributed by atoms with Gasteiger partial charge in [0, 0.05) is 12.7 Å². The first-order valence-corrected chi connectivity index (χ1v) is 8.52. The molecular weight excluding hydrogens is 372 g/mol. The van der Waals surface area contributed by atoms with Crippen molar-refractivity contribution < 1.29 is 28.5 Å². The SMILES string of the molecule is Cc1nc2c(OCc3c(F)cccc3F)cccn2c1C(=O)NC[C@@H](O)CO. The van der Waals surface area contributed by atoms with Gasteiger partial charge in [-0.2, -0.15) is 0 Å². The minimum atomic E-state index is -1.07. The van der Waals surface area contributed by atoms with Crippen LogP contribution in [-0.2, 0) is 6.61 Å². The normalized spacial score (nSPS) is 12.2. The molecular formula is C19H19F2N3O4. The summed E-state index contributed by atoms with van der Waals surface area (Å²) in [5, 5.41) is 20.7. The summed E-state index contributed by atoms with van der Waals surface area (Å²) < 4.78 is 34.6. The van der Waals surface area contributed by atoms with E-state index in [4.69, 9.17) is 9.84 Å². The summed E-state index contributed by atoms with van der Waals surface area (Å²) in [7, 11) is 0. The van der Waals surface area contributed by atoms with Crippen LogP contribution in [-0.4, -0.2) is 44.8 Å². The maximum atomic E-state index is 13.8. The van der Waals surface area contributed by atoms with Gasteiger partial charge in [0.2, 0.25) is 0 Å². The predicted octanol–water partition coefficient (Wildman–Crippen LogP) is 1.58. The van der Waals surface area contributed by atoms with Crippen LogP contribution in [0.2, 0.25) is 0 Å². The number of carbonyl (C=O) groups is 1. The Kier molecular flexibility index (Phi) is 5.86. The van der Waals surface area contributed by atoms with Gasteiger partial charge in [-0.25, -0.2) is 13.8 Å². The molecule has 0 fully saturated rings. The van der Waals surface area contributed by atoms with Gasteiger partial charge in [0.25, 0.3) is 5.91 Å². The lowest BCUT2D eigenvalue weighted by Crippen LogP contribution is -2.34. The standard InChI is InChI=1S/C19H19F2N3O4/c1-11-17(19(27)22-8-12(26)9-25)24-7-3-6-16(18(24)23-11)28-10-13-14(20)4-2-5-15(13)21/h2-7,12,25-26H,8-10H2,1H3,(H,22,27)/t12-/m1/s1. The van der Waals surface area contributed by atoms with E-state index in [0.29, 0.717) is 11.3 Å². The van der Waals surface area contributed by atoms with E-state index < -0.39 is 30.3 Å². The highest BCUT2D eigenvalue weighted by molar-refractivity contribution is 5.95. The van der Waals surface area contributed by atoms with Gasteiger partial charge in [0.1, 0.15) is 23.9 Å². The molecule has 0 unspecified atom stereocenters. The van der Waals surface area contributed by atoms with Crippen LogP contribution in [0.15, 0.2) is 36.5 Å². The Bertz CT molecular complexity index is 986. The van der Waals surface area contributed by atoms with Crippen molar-refractivity contribution in [1.82, 2.24) is 14.7 Å². The second-order valence-corrected chi connectivity index (χ2v) is 6.15. The van der Waals surface area contributed by atoms with E-state index >= 15 is 0 Å². The maximum absolute atomic E-state index is 13.8. The molecule has 3 aromatic rings. The van der Waals surface area contributed by atoms with E-state index in [1.54, 1.807) is 25.3 Å². The van der Waals surface area contributed by atoms with Crippen LogP contribution in [0.4, 0.5) is 8.78 Å². The molecule has 7 nitrogen and oxygen atoms in total. The number of nitrogens with zero attached hydrogens (tertiary/aromatic N) is 2. The molecule has 0 radical (unpaired) electrons. The summed E-state index contributed by atoms with van der Waals surface area (Å²) >= 11 is 0. The molecule has 1 aromatic carbocycles. The Morgan fingerprint density at radius 2 is 2.00 bits per heavy atom. The minimum Gasteiger partial charge on any atom is -0.485 e. The van der Waals surface area contributed by atoms with Crippen molar-refractivity contribution in [3.8, 4) is 5.75 Å². The molecule has 0 saturated heterocycles. The van der Waals surface area contributed by atoms with Gasteiger partial charge in [0.15, 0.2) is 11.4 Å². The van der Waals surface area contributed by atoms with Crippen molar-refractivity contribution in [2.45, 2.75) is 19.6 Å². The number of hydrogen-bond acceptors (Lipinski definition) is 5. The van der Waals surface area contributed by atoms with Crippen molar-refractivity contribution in [1.29, 1.82) is 0 Å². The zero-order valence-corrected chi connectivity index (χ0v) is 15.0. The molecule has 3 N–H and O–H groups in total. The summed E-state index contributed by atoms with van der Waals surface area (Å²) in [4.78, 5) is 16.8. The Labute approximate surface area is 159 Å². The van der Waals surface area contributed by atoms with Crippen LogP contribution in [0.5, 0.6) is 5.75 Å². The van der Waals surface area contributed by atoms with Crippen molar-refractivity contribution >= 4 is 11.6 Å². The number of halogens is 2. The van der Waals surface area contributed by atoms with Crippen molar-refractivity contribution in [2.75, 3.05) is 13.2 Å². The first-order chi connectivity index (χ1) is 13.4. The molecule has 148 valence electrons. The molecule has 0 aliphatic rings. The molecule has 2 aromatic heterocycles. The summed E-state index contributed by atoms with van der Waals surface area (Å²) in [6.07, 6.45) is 0.529. The smallest absolute Gasteiger partial charge is 0.270 e. The number of fused-ring (bicyclic) bond motifs is 1. The fourth-order valence-electron chi connectivity index (χ4n) is 2.72. The predicted molar refractivity (Wildman–Crippen MR) is 96.0 cm³/mol. The molecule has 0 aliphatic carbocycles. The summed E-state index contributed by atoms with van der Waals surface area (Å²) in [6.45, 7) is 0.695. The Morgan fingerprint density at radius 3 is 2.68 bits per heavy atom. The van der Waals surface area contributed by atoms with Crippen LogP contribution < -0.4 is 10.1 Å². The first-order valence-electron chi connectivity index (χ1n) is 8.52. The van der Waals surface area contributed by atoms with E-state index in [1.165, 1.54) is 10.5 Å². The summed E-state index contributed by atoms with van der Waals surface area (Å²) in [6, 6.07) is 6.75. The number of nitrogens with one attached hydrogen (secondary N) is 1. The second kappa shape index (κ2) is 8.32. The number of aryl methyl sites for hydroxylation is 1. The largest absolute Gasteiger partial charge is 0.485 e. The molecule has 9 heteroatoms. The van der Waals surface area contributed by atoms with E-state index in [9.17, 15) is 18.7 Å². The van der Waals surface area contributed by atoms with Crippen LogP contribution in [0.25, 0.3) is 5.65 Å². The average molecular weight is 391 g/mol. The van der Waals surface area contributed by atoms with Gasteiger partial charge in [0.05, 0.1) is 24.0 Å². The summed E-state index contributed by atoms with van der Waals surface area (Å²) in [5.41, 5.74) is 0.736. The maximum Gasteiger partial charge on any atom is 0.270 e. The number of imidazole rings is 1. The van der Waals surface area contributed by atoms with Crippen LogP contribution in [0.3, 0.4) is 0 Å². The van der Waals surface area contributed by atoms with E-state index in [0.717, 1.165) is 12.1 Å². The van der Waals surface area contributed by atoms with E-state index in [2.05, 4.69) is 10.3 Å². The monoisotopic (exact) mass is 391 g/mol. The van der Waals surface area contributed by atoms with Gasteiger partial charge in [-0.15, -0.1) is 0 Å². The third kappa shape index (κ3) is 3.95. The van der Waals surface area contributed by atoms with Crippen molar-refractivity contribution in [2.24, 2.45) is 0 Å². The highest BCUT2D eigenvalue weighted by Crippen LogP contribution is 2.24. The molecule has 0 saturated carbocycles. The Balaban J connectivity index is 1.87. The topological polar surface area (TPSA) is 96.1 Å². The molecule has 3 rings (SSSR count). The van der Waals surface area contributed by atoms with Crippen LogP contribution in [0, 0.1) is 18.6 Å². The molecule has 2 heterocycles. The minimum absolute atomic E-state index is 0.120. The lowest BCUT2D eigenvalue weighted by atomic mass is 10.2. The number of aromatic nitrogens is 2. The number of rotatable bonds is 7. The highest BCUT2D eigenvalue weighted by Gasteiger charge is 2.20. The molecule has 1 amide bonds. The Hall–Kier alpha value is -3.04. The number of aliphatic hydroxyl groups is 2. The number of ether oxygens (including phenoxy) is 1. The zero-order valence-electron chi connectivity index (χ0n) is 15.0. The fraction of sp³-hybridized carbons (Fsp3) is 0.263. The van der Waals surface area contributed by atoms with Gasteiger partial charge in [-0.1, -0.05) is 6.07 Å². The quantitative estimate of drug-likeness (QED) is 0.568. The molecule has 0 spiro atoms. The molecule has 1 atom stereocenters. The average Bonchev–Trinajstić information content (AvgIpc) is 3.02. The van der Waals surface area contributed by atoms with Crippen molar-refractivity contribution in [3.05, 3.63) is 65.1 Å². The zero-order chi connectivity index (χ0) is 20.3. The summed E-state index contributed by atoms with van der Waals surface area (Å²) in [5.74, 6) is -1.67. The molecule has 0 aliphatic heterocycles. The Morgan fingerprint density at radius 1 is 1.29 bits per heavy atom. The number of hydrogen-bond donors (Lipinski definition) is 3. The number of carbonyl (C=O) groups excluding carboxylic acids is 1. The number of amides is 1. The van der Waals surface area contributed by atoms with E-state index in [-0.39, 0.29) is 30.2 Å². The second-order valence-electron chi connectivity index (χ2n) is 6.15. The lowest BCUT2D eigenvalue weighted by molar-refractivity contribution is 0.0797. The first kappa shape index (κ1) is 19.7. The van der Waals surface area contributed by atoms with Gasteiger partial charge in [-0.3, -0.25) is 9.20 Å². The molecule has 28 heavy (non-hydrogen) atoms. The third-order valence-electron chi connectivity index (χ3n) is 4.15. The fourth-order valence-corrected chi connectivity index (χ4v) is 2.72. The number of pyridine rings is 1.